The van der Waals surface area contributed by atoms with Crippen LogP contribution in [0.5, 0.6) is 0 Å². The molecule has 3 aliphatic rings. The highest BCUT2D eigenvalue weighted by Crippen LogP contribution is 2.37. The molecule has 1 saturated carbocycles. The number of anilines is 2. The molecule has 2 fully saturated rings. The molecule has 5 rings (SSSR count). The molecule has 2 aromatic rings. The Kier molecular flexibility index (Phi) is 6.18. The maximum atomic E-state index is 13.6. The quantitative estimate of drug-likeness (QED) is 0.548. The van der Waals surface area contributed by atoms with Crippen LogP contribution in [-0.4, -0.2) is 71.1 Å². The minimum absolute atomic E-state index is 0.0858. The van der Waals surface area contributed by atoms with E-state index in [2.05, 4.69) is 25.5 Å². The van der Waals surface area contributed by atoms with Crippen LogP contribution in [-0.2, 0) is 15.2 Å². The molecule has 0 bridgehead atoms. The minimum atomic E-state index is -1.68. The van der Waals surface area contributed by atoms with Crippen LogP contribution in [0.4, 0.5) is 11.6 Å². The Labute approximate surface area is 203 Å². The van der Waals surface area contributed by atoms with Gasteiger partial charge in [-0.05, 0) is 49.9 Å². The molecule has 1 unspecified atom stereocenters. The zero-order valence-electron chi connectivity index (χ0n) is 19.1. The number of carbonyl (C=O) groups is 2. The second-order valence-corrected chi connectivity index (χ2v) is 9.83. The lowest BCUT2D eigenvalue weighted by Gasteiger charge is -2.40. The molecule has 2 atom stereocenters. The predicted molar refractivity (Wildman–Crippen MR) is 129 cm³/mol. The number of rotatable bonds is 7. The molecular weight excluding hydrogens is 456 g/mol. The van der Waals surface area contributed by atoms with E-state index in [1.54, 1.807) is 29.2 Å². The molecule has 2 amide bonds. The Balaban J connectivity index is 1.31. The highest BCUT2D eigenvalue weighted by molar-refractivity contribution is 6.30. The molecule has 9 nitrogen and oxygen atoms in total. The smallest absolute Gasteiger partial charge is 0.260 e. The average molecular weight is 485 g/mol. The third kappa shape index (κ3) is 4.35. The summed E-state index contributed by atoms with van der Waals surface area (Å²) in [6, 6.07) is 6.82. The van der Waals surface area contributed by atoms with Crippen molar-refractivity contribution in [2.24, 2.45) is 5.92 Å². The predicted octanol–water partition coefficient (Wildman–Crippen LogP) is 1.72. The first-order valence-corrected chi connectivity index (χ1v) is 12.1. The van der Waals surface area contributed by atoms with Crippen LogP contribution in [0.25, 0.3) is 0 Å². The average Bonchev–Trinajstić information content (AvgIpc) is 3.63. The van der Waals surface area contributed by atoms with Gasteiger partial charge in [-0.2, -0.15) is 0 Å². The standard InChI is InChI=1S/C24H29ClN6O3/c1-15-19-20(29-22(15)32)27-14-28-21(19)30-8-10-31(11-9-30)23(33)24(34,13-26-12-16-2-3-16)17-4-6-18(25)7-5-17/h4-7,14-16,26,34H,2-3,8-13H2,1H3,(H,27,28,29,32)/t15?,24-/m0/s1. The van der Waals surface area contributed by atoms with Gasteiger partial charge in [-0.3, -0.25) is 9.59 Å². The number of hydrogen-bond donors (Lipinski definition) is 3. The lowest BCUT2D eigenvalue weighted by Crippen LogP contribution is -2.57. The molecule has 180 valence electrons. The highest BCUT2D eigenvalue weighted by atomic mass is 35.5. The fourth-order valence-electron chi connectivity index (χ4n) is 4.68. The second-order valence-electron chi connectivity index (χ2n) is 9.39. The van der Waals surface area contributed by atoms with Gasteiger partial charge < -0.3 is 25.5 Å². The zero-order chi connectivity index (χ0) is 23.9. The van der Waals surface area contributed by atoms with E-state index in [-0.39, 0.29) is 24.3 Å². The summed E-state index contributed by atoms with van der Waals surface area (Å²) in [5.74, 6) is 1.18. The van der Waals surface area contributed by atoms with Gasteiger partial charge in [-0.1, -0.05) is 23.7 Å². The van der Waals surface area contributed by atoms with Gasteiger partial charge in [0, 0.05) is 43.3 Å². The van der Waals surface area contributed by atoms with Crippen LogP contribution in [0.1, 0.15) is 36.8 Å². The third-order valence-electron chi connectivity index (χ3n) is 6.98. The summed E-state index contributed by atoms with van der Waals surface area (Å²) < 4.78 is 0. The Bertz CT molecular complexity index is 1080. The van der Waals surface area contributed by atoms with Gasteiger partial charge in [0.15, 0.2) is 5.60 Å². The molecule has 1 aromatic heterocycles. The number of halogens is 1. The third-order valence-corrected chi connectivity index (χ3v) is 7.24. The van der Waals surface area contributed by atoms with Crippen LogP contribution >= 0.6 is 11.6 Å². The monoisotopic (exact) mass is 484 g/mol. The highest BCUT2D eigenvalue weighted by Gasteiger charge is 2.42. The van der Waals surface area contributed by atoms with Crippen LogP contribution in [0.2, 0.25) is 5.02 Å². The molecule has 1 aromatic carbocycles. The van der Waals surface area contributed by atoms with E-state index < -0.39 is 5.60 Å². The first-order valence-electron chi connectivity index (χ1n) is 11.8. The SMILES string of the molecule is CC1C(=O)Nc2ncnc(N3CCN(C(=O)[C@](O)(CNCC4CC4)c4ccc(Cl)cc4)CC3)c21. The van der Waals surface area contributed by atoms with Crippen molar-refractivity contribution in [2.75, 3.05) is 49.5 Å². The van der Waals surface area contributed by atoms with Gasteiger partial charge in [-0.15, -0.1) is 0 Å². The summed E-state index contributed by atoms with van der Waals surface area (Å²) in [4.78, 5) is 38.2. The Morgan fingerprint density at radius 2 is 1.91 bits per heavy atom. The van der Waals surface area contributed by atoms with E-state index in [0.29, 0.717) is 48.5 Å². The normalized spacial score (nSPS) is 21.7. The number of piperazine rings is 1. The molecule has 3 heterocycles. The molecule has 2 aliphatic heterocycles. The van der Waals surface area contributed by atoms with E-state index in [9.17, 15) is 14.7 Å². The Hall–Kier alpha value is -2.75. The van der Waals surface area contributed by atoms with Crippen molar-refractivity contribution in [3.8, 4) is 0 Å². The summed E-state index contributed by atoms with van der Waals surface area (Å²) in [6.45, 7) is 4.74. The summed E-state index contributed by atoms with van der Waals surface area (Å²) >= 11 is 6.04. The zero-order valence-corrected chi connectivity index (χ0v) is 19.9. The molecule has 1 aliphatic carbocycles. The fraction of sp³-hybridized carbons (Fsp3) is 0.500. The largest absolute Gasteiger partial charge is 0.374 e. The number of hydrogen-bond acceptors (Lipinski definition) is 7. The van der Waals surface area contributed by atoms with Crippen molar-refractivity contribution >= 4 is 35.1 Å². The lowest BCUT2D eigenvalue weighted by molar-refractivity contribution is -0.152. The number of carbonyl (C=O) groups excluding carboxylic acids is 2. The second kappa shape index (κ2) is 9.13. The van der Waals surface area contributed by atoms with Crippen molar-refractivity contribution < 1.29 is 14.7 Å². The van der Waals surface area contributed by atoms with E-state index in [1.807, 2.05) is 6.92 Å². The van der Waals surface area contributed by atoms with Gasteiger partial charge in [0.1, 0.15) is 18.0 Å². The van der Waals surface area contributed by atoms with Crippen molar-refractivity contribution in [2.45, 2.75) is 31.3 Å². The lowest BCUT2D eigenvalue weighted by atomic mass is 9.91. The number of nitrogens with one attached hydrogen (secondary N) is 2. The van der Waals surface area contributed by atoms with Crippen LogP contribution in [0.15, 0.2) is 30.6 Å². The van der Waals surface area contributed by atoms with Gasteiger partial charge >= 0.3 is 0 Å². The van der Waals surface area contributed by atoms with Crippen LogP contribution in [0.3, 0.4) is 0 Å². The number of amides is 2. The van der Waals surface area contributed by atoms with Crippen molar-refractivity contribution in [1.29, 1.82) is 0 Å². The van der Waals surface area contributed by atoms with Crippen LogP contribution < -0.4 is 15.5 Å². The number of nitrogens with zero attached hydrogens (tertiary/aromatic N) is 4. The molecule has 0 radical (unpaired) electrons. The Morgan fingerprint density at radius 3 is 2.59 bits per heavy atom. The molecule has 3 N–H and O–H groups in total. The number of aromatic nitrogens is 2. The van der Waals surface area contributed by atoms with E-state index in [4.69, 9.17) is 11.6 Å². The van der Waals surface area contributed by atoms with Crippen molar-refractivity contribution in [1.82, 2.24) is 20.2 Å². The maximum Gasteiger partial charge on any atom is 0.260 e. The van der Waals surface area contributed by atoms with Crippen molar-refractivity contribution in [3.05, 3.63) is 46.7 Å². The van der Waals surface area contributed by atoms with Gasteiger partial charge in [0.25, 0.3) is 5.91 Å². The first kappa shape index (κ1) is 23.0. The number of benzene rings is 1. The van der Waals surface area contributed by atoms with E-state index >= 15 is 0 Å². The summed E-state index contributed by atoms with van der Waals surface area (Å²) in [5.41, 5.74) is -0.350. The number of aliphatic hydroxyl groups is 1. The molecular formula is C24H29ClN6O3. The summed E-state index contributed by atoms with van der Waals surface area (Å²) in [5, 5.41) is 18.3. The van der Waals surface area contributed by atoms with Crippen molar-refractivity contribution in [3.63, 3.8) is 0 Å². The molecule has 0 spiro atoms. The first-order chi connectivity index (χ1) is 16.4. The topological polar surface area (TPSA) is 111 Å². The summed E-state index contributed by atoms with van der Waals surface area (Å²) in [7, 11) is 0. The fourth-order valence-corrected chi connectivity index (χ4v) is 4.81. The number of fused-ring (bicyclic) bond motifs is 1. The van der Waals surface area contributed by atoms with E-state index in [0.717, 1.165) is 17.9 Å². The van der Waals surface area contributed by atoms with Crippen LogP contribution in [0, 0.1) is 5.92 Å². The minimum Gasteiger partial charge on any atom is -0.374 e. The molecule has 10 heteroatoms. The van der Waals surface area contributed by atoms with E-state index in [1.165, 1.54) is 19.2 Å². The molecule has 34 heavy (non-hydrogen) atoms. The van der Waals surface area contributed by atoms with Gasteiger partial charge in [-0.25, -0.2) is 9.97 Å². The van der Waals surface area contributed by atoms with Gasteiger partial charge in [0.05, 0.1) is 5.92 Å². The summed E-state index contributed by atoms with van der Waals surface area (Å²) in [6.07, 6.45) is 3.83. The molecule has 1 saturated heterocycles. The Morgan fingerprint density at radius 1 is 1.21 bits per heavy atom. The van der Waals surface area contributed by atoms with Gasteiger partial charge in [0.2, 0.25) is 5.91 Å². The maximum absolute atomic E-state index is 13.6.